The molecule has 0 unspecified atom stereocenters. The number of carbonyl (C=O) groups is 2. The first kappa shape index (κ1) is 24.9. The van der Waals surface area contributed by atoms with E-state index in [2.05, 4.69) is 0 Å². The summed E-state index contributed by atoms with van der Waals surface area (Å²) in [5.74, 6) is -1.34. The van der Waals surface area contributed by atoms with Gasteiger partial charge in [-0.05, 0) is 56.2 Å². The van der Waals surface area contributed by atoms with Crippen molar-refractivity contribution in [2.24, 2.45) is 0 Å². The van der Waals surface area contributed by atoms with Crippen LogP contribution >= 0.6 is 0 Å². The molecule has 0 fully saturated rings. The monoisotopic (exact) mass is 494 g/mol. The Hall–Kier alpha value is -2.76. The van der Waals surface area contributed by atoms with Crippen molar-refractivity contribution in [3.8, 4) is 0 Å². The molecule has 0 bridgehead atoms. The molecule has 2 aromatic carbocycles. The van der Waals surface area contributed by atoms with Gasteiger partial charge in [-0.2, -0.15) is 4.31 Å². The quantitative estimate of drug-likeness (QED) is 0.385. The van der Waals surface area contributed by atoms with E-state index in [1.165, 1.54) is 29.6 Å². The van der Waals surface area contributed by atoms with Gasteiger partial charge in [-0.1, -0.05) is 17.7 Å². The molecule has 0 saturated heterocycles. The molecule has 0 aliphatic carbocycles. The zero-order valence-electron chi connectivity index (χ0n) is 18.6. The van der Waals surface area contributed by atoms with Gasteiger partial charge in [-0.25, -0.2) is 16.8 Å². The second-order valence-corrected chi connectivity index (χ2v) is 12.0. The smallest absolute Gasteiger partial charge is 0.321 e. The lowest BCUT2D eigenvalue weighted by molar-refractivity contribution is -0.142. The van der Waals surface area contributed by atoms with Gasteiger partial charge in [-0.3, -0.25) is 13.9 Å². The molecule has 1 heterocycles. The lowest BCUT2D eigenvalue weighted by Crippen LogP contribution is -2.33. The molecule has 0 saturated carbocycles. The number of likely N-dealkylation sites (N-methyl/N-ethyl adjacent to an activating group) is 1. The van der Waals surface area contributed by atoms with Gasteiger partial charge in [0.15, 0.2) is 12.4 Å². The number of esters is 1. The number of Topliss-reactive ketones (excluding diaryl/α,β-unsaturated/α-hetero) is 1. The molecular weight excluding hydrogens is 468 g/mol. The van der Waals surface area contributed by atoms with E-state index in [-0.39, 0.29) is 16.2 Å². The van der Waals surface area contributed by atoms with E-state index in [0.29, 0.717) is 18.7 Å². The molecule has 178 valence electrons. The van der Waals surface area contributed by atoms with Gasteiger partial charge in [0.05, 0.1) is 16.3 Å². The molecule has 1 aliphatic heterocycles. The van der Waals surface area contributed by atoms with Crippen LogP contribution in [-0.4, -0.2) is 65.4 Å². The summed E-state index contributed by atoms with van der Waals surface area (Å²) in [5, 5.41) is 0. The molecule has 33 heavy (non-hydrogen) atoms. The Labute approximate surface area is 194 Å². The Morgan fingerprint density at radius 2 is 1.73 bits per heavy atom. The fourth-order valence-corrected chi connectivity index (χ4v) is 5.70. The highest BCUT2D eigenvalue weighted by Gasteiger charge is 2.29. The first-order valence-electron chi connectivity index (χ1n) is 10.3. The SMILES string of the molecule is CCS(=O)(=O)N1CCc2cc(C(=O)COC(=O)CN(C)S(=O)(=O)c3ccc(C)cc3)ccc21. The standard InChI is InChI=1S/C22H26N2O7S2/c1-4-32(27,28)24-12-11-17-13-18(7-10-20(17)24)21(25)15-31-22(26)14-23(3)33(29,30)19-8-5-16(2)6-9-19/h5-10,13H,4,11-12,14-15H2,1-3H3. The van der Waals surface area contributed by atoms with Crippen molar-refractivity contribution in [2.45, 2.75) is 25.2 Å². The fraction of sp³-hybridized carbons (Fsp3) is 0.364. The summed E-state index contributed by atoms with van der Waals surface area (Å²) in [4.78, 5) is 24.7. The summed E-state index contributed by atoms with van der Waals surface area (Å²) in [6, 6.07) is 10.9. The van der Waals surface area contributed by atoms with Crippen molar-refractivity contribution < 1.29 is 31.2 Å². The second-order valence-electron chi connectivity index (χ2n) is 7.72. The number of benzene rings is 2. The molecule has 0 atom stereocenters. The molecule has 2 aromatic rings. The van der Waals surface area contributed by atoms with E-state index in [9.17, 15) is 26.4 Å². The average molecular weight is 495 g/mol. The molecule has 0 N–H and O–H groups in total. The largest absolute Gasteiger partial charge is 0.456 e. The summed E-state index contributed by atoms with van der Waals surface area (Å²) < 4.78 is 56.7. The maximum atomic E-state index is 12.6. The van der Waals surface area contributed by atoms with Gasteiger partial charge in [0.25, 0.3) is 0 Å². The zero-order chi connectivity index (χ0) is 24.4. The number of anilines is 1. The average Bonchev–Trinajstić information content (AvgIpc) is 3.22. The van der Waals surface area contributed by atoms with Crippen molar-refractivity contribution in [3.05, 3.63) is 59.2 Å². The predicted molar refractivity (Wildman–Crippen MR) is 123 cm³/mol. The second kappa shape index (κ2) is 9.62. The van der Waals surface area contributed by atoms with Crippen molar-refractivity contribution in [3.63, 3.8) is 0 Å². The number of carbonyl (C=O) groups excluding carboxylic acids is 2. The highest BCUT2D eigenvalue weighted by Crippen LogP contribution is 2.31. The van der Waals surface area contributed by atoms with E-state index in [4.69, 9.17) is 4.74 Å². The van der Waals surface area contributed by atoms with Crippen molar-refractivity contribution in [1.82, 2.24) is 4.31 Å². The molecule has 3 rings (SSSR count). The van der Waals surface area contributed by atoms with Crippen LogP contribution in [0.15, 0.2) is 47.4 Å². The number of sulfonamides is 2. The molecule has 0 aromatic heterocycles. The number of fused-ring (bicyclic) bond motifs is 1. The predicted octanol–water partition coefficient (Wildman–Crippen LogP) is 1.75. The Morgan fingerprint density at radius 1 is 1.06 bits per heavy atom. The van der Waals surface area contributed by atoms with Crippen LogP contribution in [0.3, 0.4) is 0 Å². The van der Waals surface area contributed by atoms with Crippen LogP contribution in [0.5, 0.6) is 0 Å². The van der Waals surface area contributed by atoms with Crippen LogP contribution in [0.1, 0.15) is 28.4 Å². The molecule has 0 spiro atoms. The van der Waals surface area contributed by atoms with Crippen molar-refractivity contribution in [1.29, 1.82) is 0 Å². The van der Waals surface area contributed by atoms with Gasteiger partial charge in [0, 0.05) is 19.2 Å². The van der Waals surface area contributed by atoms with E-state index in [1.54, 1.807) is 31.2 Å². The highest BCUT2D eigenvalue weighted by atomic mass is 32.2. The number of ketones is 1. The van der Waals surface area contributed by atoms with Gasteiger partial charge in [-0.15, -0.1) is 0 Å². The summed E-state index contributed by atoms with van der Waals surface area (Å²) in [7, 11) is -6.00. The van der Waals surface area contributed by atoms with Gasteiger partial charge in [0.2, 0.25) is 20.0 Å². The minimum absolute atomic E-state index is 0.0167. The molecule has 0 amide bonds. The number of hydrogen-bond acceptors (Lipinski definition) is 7. The number of nitrogens with zero attached hydrogens (tertiary/aromatic N) is 2. The number of ether oxygens (including phenoxy) is 1. The Morgan fingerprint density at radius 3 is 2.36 bits per heavy atom. The van der Waals surface area contributed by atoms with Crippen molar-refractivity contribution in [2.75, 3.05) is 36.8 Å². The third-order valence-corrected chi connectivity index (χ3v) is 9.00. The topological polar surface area (TPSA) is 118 Å². The van der Waals surface area contributed by atoms with Crippen LogP contribution in [0, 0.1) is 6.92 Å². The third-order valence-electron chi connectivity index (χ3n) is 5.40. The fourth-order valence-electron chi connectivity index (χ4n) is 3.42. The first-order valence-corrected chi connectivity index (χ1v) is 13.4. The maximum Gasteiger partial charge on any atom is 0.321 e. The van der Waals surface area contributed by atoms with Crippen LogP contribution in [0.25, 0.3) is 0 Å². The Balaban J connectivity index is 1.60. The summed E-state index contributed by atoms with van der Waals surface area (Å²) in [6.07, 6.45) is 0.483. The Kier molecular flexibility index (Phi) is 7.25. The minimum Gasteiger partial charge on any atom is -0.456 e. The van der Waals surface area contributed by atoms with Gasteiger partial charge < -0.3 is 4.74 Å². The molecule has 11 heteroatoms. The lowest BCUT2D eigenvalue weighted by atomic mass is 10.1. The van der Waals surface area contributed by atoms with Crippen LogP contribution in [0.2, 0.25) is 0 Å². The van der Waals surface area contributed by atoms with Gasteiger partial charge in [0.1, 0.15) is 6.54 Å². The van der Waals surface area contributed by atoms with Gasteiger partial charge >= 0.3 is 5.97 Å². The Bertz CT molecular complexity index is 1270. The summed E-state index contributed by atoms with van der Waals surface area (Å²) >= 11 is 0. The van der Waals surface area contributed by atoms with Crippen molar-refractivity contribution >= 4 is 37.5 Å². The minimum atomic E-state index is -3.87. The lowest BCUT2D eigenvalue weighted by Gasteiger charge is -2.18. The number of hydrogen-bond donors (Lipinski definition) is 0. The summed E-state index contributed by atoms with van der Waals surface area (Å²) in [6.45, 7) is 2.63. The first-order chi connectivity index (χ1) is 15.5. The highest BCUT2D eigenvalue weighted by molar-refractivity contribution is 7.92. The zero-order valence-corrected chi connectivity index (χ0v) is 20.3. The molecule has 1 aliphatic rings. The van der Waals surface area contributed by atoms with Crippen LogP contribution in [-0.2, 0) is 36.0 Å². The van der Waals surface area contributed by atoms with E-state index >= 15 is 0 Å². The van der Waals surface area contributed by atoms with E-state index in [1.807, 2.05) is 6.92 Å². The maximum absolute atomic E-state index is 12.6. The van der Waals surface area contributed by atoms with Crippen LogP contribution in [0.4, 0.5) is 5.69 Å². The molecule has 9 nitrogen and oxygen atoms in total. The normalized spacial score (nSPS) is 13.8. The van der Waals surface area contributed by atoms with Crippen LogP contribution < -0.4 is 4.31 Å². The van der Waals surface area contributed by atoms with E-state index in [0.717, 1.165) is 15.4 Å². The molecule has 0 radical (unpaired) electrons. The third kappa shape index (κ3) is 5.43. The molecular formula is C22H26N2O7S2. The summed E-state index contributed by atoms with van der Waals surface area (Å²) in [5.41, 5.74) is 2.47. The number of rotatable bonds is 9. The van der Waals surface area contributed by atoms with E-state index < -0.39 is 45.0 Å². The number of aryl methyl sites for hydroxylation is 1.